The van der Waals surface area contributed by atoms with Crippen molar-refractivity contribution < 1.29 is 18.7 Å². The Bertz CT molecular complexity index is 1590. The summed E-state index contributed by atoms with van der Waals surface area (Å²) in [5, 5.41) is 11.5. The maximum atomic E-state index is 14.6. The zero-order chi connectivity index (χ0) is 23.9. The van der Waals surface area contributed by atoms with E-state index in [0.29, 0.717) is 47.1 Å². The van der Waals surface area contributed by atoms with E-state index >= 15 is 0 Å². The maximum Gasteiger partial charge on any atom is 0.356 e. The Labute approximate surface area is 198 Å². The van der Waals surface area contributed by atoms with Gasteiger partial charge in [-0.15, -0.1) is 10.2 Å². The molecule has 0 spiro atoms. The third kappa shape index (κ3) is 3.43. The maximum absolute atomic E-state index is 14.6. The summed E-state index contributed by atoms with van der Waals surface area (Å²) < 4.78 is 28.6. The first kappa shape index (κ1) is 21.0. The molecule has 0 saturated carbocycles. The summed E-state index contributed by atoms with van der Waals surface area (Å²) in [6, 6.07) is 6.77. The van der Waals surface area contributed by atoms with Crippen LogP contribution in [0.2, 0.25) is 0 Å². The number of anilines is 1. The van der Waals surface area contributed by atoms with Crippen LogP contribution in [-0.2, 0) is 17.7 Å². The lowest BCUT2D eigenvalue weighted by Crippen LogP contribution is -2.10. The number of benzene rings is 1. The molecule has 0 unspecified atom stereocenters. The quantitative estimate of drug-likeness (QED) is 0.374. The number of nitrogens with zero attached hydrogens (tertiary/aromatic N) is 6. The van der Waals surface area contributed by atoms with Gasteiger partial charge >= 0.3 is 5.97 Å². The topological polar surface area (TPSA) is 108 Å². The number of fused-ring (bicyclic) bond motifs is 3. The minimum atomic E-state index is -0.451. The molecule has 5 heterocycles. The van der Waals surface area contributed by atoms with Gasteiger partial charge < -0.3 is 14.8 Å². The van der Waals surface area contributed by atoms with Crippen molar-refractivity contribution in [2.45, 2.75) is 19.9 Å². The minimum absolute atomic E-state index is 0.233. The Kier molecular flexibility index (Phi) is 5.02. The molecule has 0 radical (unpaired) electrons. The van der Waals surface area contributed by atoms with E-state index in [1.165, 1.54) is 12.3 Å². The predicted molar refractivity (Wildman–Crippen MR) is 124 cm³/mol. The smallest absolute Gasteiger partial charge is 0.356 e. The molecule has 5 aromatic rings. The highest BCUT2D eigenvalue weighted by Crippen LogP contribution is 2.31. The second-order valence-electron chi connectivity index (χ2n) is 7.95. The second kappa shape index (κ2) is 8.35. The molecule has 1 aliphatic rings. The summed E-state index contributed by atoms with van der Waals surface area (Å²) in [4.78, 5) is 21.3. The second-order valence-corrected chi connectivity index (χ2v) is 7.95. The van der Waals surface area contributed by atoms with Crippen molar-refractivity contribution in [3.63, 3.8) is 0 Å². The lowest BCUT2D eigenvalue weighted by Gasteiger charge is -2.13. The largest absolute Gasteiger partial charge is 0.493 e. The fourth-order valence-corrected chi connectivity index (χ4v) is 4.39. The van der Waals surface area contributed by atoms with E-state index in [4.69, 9.17) is 9.47 Å². The summed E-state index contributed by atoms with van der Waals surface area (Å²) in [7, 11) is 0. The Hall–Kier alpha value is -4.54. The number of hydrogen-bond donors (Lipinski definition) is 1. The van der Waals surface area contributed by atoms with Gasteiger partial charge in [-0.25, -0.2) is 19.2 Å². The van der Waals surface area contributed by atoms with E-state index in [1.807, 2.05) is 12.1 Å². The van der Waals surface area contributed by atoms with Crippen LogP contribution in [0.1, 0.15) is 28.5 Å². The Balaban J connectivity index is 1.37. The molecule has 1 aromatic carbocycles. The normalized spacial score (nSPS) is 12.6. The van der Waals surface area contributed by atoms with Crippen molar-refractivity contribution in [1.29, 1.82) is 0 Å². The van der Waals surface area contributed by atoms with Crippen LogP contribution >= 0.6 is 0 Å². The Morgan fingerprint density at radius 3 is 2.97 bits per heavy atom. The number of rotatable bonds is 6. The monoisotopic (exact) mass is 473 g/mol. The molecular formula is C24H20FN7O3. The number of aromatic nitrogens is 6. The molecule has 0 bridgehead atoms. The molecule has 0 saturated heterocycles. The predicted octanol–water partition coefficient (Wildman–Crippen LogP) is 3.30. The van der Waals surface area contributed by atoms with Crippen molar-refractivity contribution in [2.75, 3.05) is 18.5 Å². The van der Waals surface area contributed by atoms with E-state index in [1.54, 1.807) is 40.5 Å². The Morgan fingerprint density at radius 2 is 2.09 bits per heavy atom. The highest BCUT2D eigenvalue weighted by molar-refractivity contribution is 5.92. The van der Waals surface area contributed by atoms with Gasteiger partial charge in [0.25, 0.3) is 0 Å². The van der Waals surface area contributed by atoms with Crippen LogP contribution in [0.25, 0.3) is 22.4 Å². The van der Waals surface area contributed by atoms with Crippen molar-refractivity contribution in [1.82, 2.24) is 29.0 Å². The molecule has 35 heavy (non-hydrogen) atoms. The van der Waals surface area contributed by atoms with E-state index in [9.17, 15) is 9.18 Å². The fourth-order valence-electron chi connectivity index (χ4n) is 4.39. The lowest BCUT2D eigenvalue weighted by molar-refractivity contribution is 0.0518. The van der Waals surface area contributed by atoms with Crippen LogP contribution in [0, 0.1) is 5.82 Å². The highest BCUT2D eigenvalue weighted by atomic mass is 19.1. The average molecular weight is 473 g/mol. The molecular weight excluding hydrogens is 453 g/mol. The van der Waals surface area contributed by atoms with E-state index in [2.05, 4.69) is 25.5 Å². The zero-order valence-corrected chi connectivity index (χ0v) is 18.7. The molecule has 0 aliphatic carbocycles. The molecule has 0 amide bonds. The number of ether oxygens (including phenoxy) is 2. The summed E-state index contributed by atoms with van der Waals surface area (Å²) >= 11 is 0. The first-order chi connectivity index (χ1) is 17.2. The van der Waals surface area contributed by atoms with Gasteiger partial charge in [-0.05, 0) is 31.2 Å². The van der Waals surface area contributed by atoms with Crippen LogP contribution < -0.4 is 10.1 Å². The van der Waals surface area contributed by atoms with Crippen LogP contribution in [0.3, 0.4) is 0 Å². The molecule has 1 N–H and O–H groups in total. The molecule has 0 fully saturated rings. The molecule has 0 atom stereocenters. The summed E-state index contributed by atoms with van der Waals surface area (Å²) in [5.74, 6) is 0.442. The fraction of sp³-hybridized carbons (Fsp3) is 0.208. The zero-order valence-electron chi connectivity index (χ0n) is 18.7. The first-order valence-corrected chi connectivity index (χ1v) is 11.1. The number of carbonyl (C=O) groups is 1. The molecule has 11 heteroatoms. The third-order valence-corrected chi connectivity index (χ3v) is 6.01. The van der Waals surface area contributed by atoms with E-state index < -0.39 is 5.97 Å². The van der Waals surface area contributed by atoms with Crippen molar-refractivity contribution >= 4 is 23.2 Å². The highest BCUT2D eigenvalue weighted by Gasteiger charge is 2.21. The van der Waals surface area contributed by atoms with Crippen LogP contribution in [0.5, 0.6) is 5.75 Å². The van der Waals surface area contributed by atoms with E-state index in [0.717, 1.165) is 16.9 Å². The van der Waals surface area contributed by atoms with Crippen LogP contribution in [-0.4, -0.2) is 48.1 Å². The number of nitrogens with one attached hydrogen (secondary N) is 1. The molecule has 1 aliphatic heterocycles. The van der Waals surface area contributed by atoms with Gasteiger partial charge in [0.15, 0.2) is 11.3 Å². The van der Waals surface area contributed by atoms with Gasteiger partial charge in [0, 0.05) is 47.6 Å². The summed E-state index contributed by atoms with van der Waals surface area (Å²) in [6.45, 7) is 2.80. The van der Waals surface area contributed by atoms with Crippen molar-refractivity contribution in [2.24, 2.45) is 0 Å². The van der Waals surface area contributed by atoms with Crippen LogP contribution in [0.15, 0.2) is 49.2 Å². The van der Waals surface area contributed by atoms with E-state index in [-0.39, 0.29) is 19.0 Å². The number of hydrogen-bond acceptors (Lipinski definition) is 8. The summed E-state index contributed by atoms with van der Waals surface area (Å²) in [5.41, 5.74) is 4.26. The SMILES string of the molecule is CCOC(=O)c1cnc2c(-c3cnc(NCc4c(F)ccc5c4CCO5)n4cnnc34)cccn12. The molecule has 10 nitrogen and oxygen atoms in total. The number of carbonyl (C=O) groups excluding carboxylic acids is 1. The third-order valence-electron chi connectivity index (χ3n) is 6.01. The minimum Gasteiger partial charge on any atom is -0.493 e. The number of pyridine rings is 1. The van der Waals surface area contributed by atoms with Gasteiger partial charge in [0.05, 0.1) is 19.4 Å². The number of imidazole rings is 1. The molecule has 176 valence electrons. The standard InChI is InChI=1S/C24H20FN7O3/c1-2-34-23(33)19-12-26-21-15(4-3-8-31(19)21)17-11-28-24(32-13-29-30-22(17)32)27-10-16-14-7-9-35-20(14)6-5-18(16)25/h3-6,8,11-13H,2,7,9-10H2,1H3,(H,27,28). The lowest BCUT2D eigenvalue weighted by atomic mass is 10.0. The number of halogens is 1. The molecule has 4 aromatic heterocycles. The van der Waals surface area contributed by atoms with Gasteiger partial charge in [0.2, 0.25) is 5.95 Å². The van der Waals surface area contributed by atoms with Crippen molar-refractivity contribution in [3.8, 4) is 16.9 Å². The van der Waals surface area contributed by atoms with Gasteiger partial charge in [-0.3, -0.25) is 8.80 Å². The summed E-state index contributed by atoms with van der Waals surface area (Å²) in [6.07, 6.45) is 7.10. The van der Waals surface area contributed by atoms with Gasteiger partial charge in [-0.1, -0.05) is 0 Å². The number of esters is 1. The van der Waals surface area contributed by atoms with Crippen LogP contribution in [0.4, 0.5) is 10.3 Å². The van der Waals surface area contributed by atoms with Gasteiger partial charge in [0.1, 0.15) is 23.5 Å². The van der Waals surface area contributed by atoms with Crippen molar-refractivity contribution in [3.05, 3.63) is 71.8 Å². The Morgan fingerprint density at radius 1 is 1.17 bits per heavy atom. The molecule has 6 rings (SSSR count). The average Bonchev–Trinajstić information content (AvgIpc) is 3.62. The first-order valence-electron chi connectivity index (χ1n) is 11.1. The van der Waals surface area contributed by atoms with Gasteiger partial charge in [-0.2, -0.15) is 0 Å².